The quantitative estimate of drug-likeness (QED) is 0.327. The smallest absolute Gasteiger partial charge is 0.309 e. The van der Waals surface area contributed by atoms with Gasteiger partial charge >= 0.3 is 5.97 Å². The number of epoxide rings is 1. The van der Waals surface area contributed by atoms with E-state index in [1.165, 1.54) is 0 Å². The van der Waals surface area contributed by atoms with Crippen LogP contribution in [0, 0.1) is 29.6 Å². The van der Waals surface area contributed by atoms with E-state index in [1.54, 1.807) is 6.20 Å². The molecule has 2 N–H and O–H groups in total. The molecule has 7 nitrogen and oxygen atoms in total. The minimum Gasteiger partial charge on any atom is -0.458 e. The number of carbonyl (C=O) groups is 2. The Balaban J connectivity index is 1.61. The second-order valence-corrected chi connectivity index (χ2v) is 12.1. The van der Waals surface area contributed by atoms with Crippen LogP contribution in [0.25, 0.3) is 6.08 Å². The molecule has 39 heavy (non-hydrogen) atoms. The molecule has 0 bridgehead atoms. The molecule has 1 saturated carbocycles. The number of nitrogens with zero attached hydrogens (tertiary/aromatic N) is 1. The Kier molecular flexibility index (Phi) is 9.31. The molecule has 3 fully saturated rings. The number of ketones is 1. The van der Waals surface area contributed by atoms with Crippen LogP contribution in [0.4, 0.5) is 0 Å². The van der Waals surface area contributed by atoms with Crippen molar-refractivity contribution >= 4 is 17.8 Å². The van der Waals surface area contributed by atoms with Crippen LogP contribution < -0.4 is 0 Å². The van der Waals surface area contributed by atoms with E-state index in [9.17, 15) is 19.8 Å². The highest BCUT2D eigenvalue weighted by molar-refractivity contribution is 5.89. The summed E-state index contributed by atoms with van der Waals surface area (Å²) in [5.41, 5.74) is 0.229. The summed E-state index contributed by atoms with van der Waals surface area (Å²) in [5.74, 6) is 1.09. The van der Waals surface area contributed by atoms with Crippen LogP contribution in [-0.4, -0.2) is 57.0 Å². The molecule has 1 aromatic heterocycles. The van der Waals surface area contributed by atoms with Crippen molar-refractivity contribution < 1.29 is 29.3 Å². The van der Waals surface area contributed by atoms with Crippen molar-refractivity contribution in [3.8, 4) is 12.3 Å². The maximum absolute atomic E-state index is 13.9. The van der Waals surface area contributed by atoms with Crippen molar-refractivity contribution in [1.82, 2.24) is 4.98 Å². The minimum atomic E-state index is -1.18. The number of fused-ring (bicyclic) bond motifs is 1. The Morgan fingerprint density at radius 1 is 1.23 bits per heavy atom. The summed E-state index contributed by atoms with van der Waals surface area (Å²) in [6.45, 7) is 5.96. The molecular weight excluding hydrogens is 494 g/mol. The maximum Gasteiger partial charge on any atom is 0.309 e. The Morgan fingerprint density at radius 2 is 2.00 bits per heavy atom. The second kappa shape index (κ2) is 12.3. The van der Waals surface area contributed by atoms with Gasteiger partial charge in [-0.05, 0) is 75.7 Å². The van der Waals surface area contributed by atoms with Crippen LogP contribution in [0.2, 0.25) is 0 Å². The first kappa shape index (κ1) is 29.5. The number of aromatic nitrogens is 1. The van der Waals surface area contributed by atoms with Gasteiger partial charge in [-0.25, -0.2) is 0 Å². The van der Waals surface area contributed by atoms with Crippen LogP contribution in [0.3, 0.4) is 0 Å². The van der Waals surface area contributed by atoms with Crippen molar-refractivity contribution in [2.24, 2.45) is 17.3 Å². The molecule has 0 radical (unpaired) electrons. The SMILES string of the molecule is C#CCCC1C(=O)C2(CCC2)C(O)CC(=O)OC(/C(C)=C/c2ccccn2)CC2OC2(C)CCCC(C)C1O. The lowest BCUT2D eigenvalue weighted by Crippen LogP contribution is -2.53. The lowest BCUT2D eigenvalue weighted by molar-refractivity contribution is -0.162. The Labute approximate surface area is 232 Å². The molecule has 2 aliphatic heterocycles. The minimum absolute atomic E-state index is 0.0663. The number of terminal acetylenes is 1. The second-order valence-electron chi connectivity index (χ2n) is 12.1. The molecular formula is C32H43NO6. The van der Waals surface area contributed by atoms with E-state index in [-0.39, 0.29) is 29.8 Å². The van der Waals surface area contributed by atoms with Gasteiger partial charge in [0.05, 0.1) is 41.4 Å². The number of ether oxygens (including phenoxy) is 2. The van der Waals surface area contributed by atoms with Crippen LogP contribution >= 0.6 is 0 Å². The summed E-state index contributed by atoms with van der Waals surface area (Å²) < 4.78 is 12.1. The molecule has 3 heterocycles. The molecule has 2 saturated heterocycles. The van der Waals surface area contributed by atoms with Gasteiger partial charge < -0.3 is 19.7 Å². The zero-order chi connectivity index (χ0) is 28.2. The fraction of sp³-hybridized carbons (Fsp3) is 0.656. The molecule has 7 atom stereocenters. The number of cyclic esters (lactones) is 1. The third kappa shape index (κ3) is 6.62. The zero-order valence-electron chi connectivity index (χ0n) is 23.5. The maximum atomic E-state index is 13.9. The highest BCUT2D eigenvalue weighted by Gasteiger charge is 2.55. The fourth-order valence-corrected chi connectivity index (χ4v) is 6.39. The highest BCUT2D eigenvalue weighted by Crippen LogP contribution is 2.49. The summed E-state index contributed by atoms with van der Waals surface area (Å²) in [6, 6.07) is 5.64. The topological polar surface area (TPSA) is 109 Å². The first-order valence-corrected chi connectivity index (χ1v) is 14.4. The average Bonchev–Trinajstić information content (AvgIpc) is 3.51. The van der Waals surface area contributed by atoms with Gasteiger partial charge in [0.1, 0.15) is 11.9 Å². The number of hydrogen-bond acceptors (Lipinski definition) is 7. The summed E-state index contributed by atoms with van der Waals surface area (Å²) in [4.78, 5) is 31.5. The molecule has 212 valence electrons. The number of aliphatic hydroxyl groups is 2. The van der Waals surface area contributed by atoms with Crippen molar-refractivity contribution in [3.05, 3.63) is 35.7 Å². The molecule has 1 aliphatic carbocycles. The number of esters is 1. The van der Waals surface area contributed by atoms with Crippen LogP contribution in [0.1, 0.15) is 90.7 Å². The number of carbonyl (C=O) groups excluding carboxylic acids is 2. The number of pyridine rings is 1. The van der Waals surface area contributed by atoms with Gasteiger partial charge in [-0.1, -0.05) is 25.8 Å². The summed E-state index contributed by atoms with van der Waals surface area (Å²) >= 11 is 0. The lowest BCUT2D eigenvalue weighted by Gasteiger charge is -2.46. The van der Waals surface area contributed by atoms with Gasteiger partial charge in [0.2, 0.25) is 0 Å². The monoisotopic (exact) mass is 537 g/mol. The van der Waals surface area contributed by atoms with E-state index in [0.717, 1.165) is 37.0 Å². The van der Waals surface area contributed by atoms with Gasteiger partial charge in [-0.2, -0.15) is 0 Å². The van der Waals surface area contributed by atoms with E-state index in [2.05, 4.69) is 17.8 Å². The van der Waals surface area contributed by atoms with Crippen LogP contribution in [0.5, 0.6) is 0 Å². The van der Waals surface area contributed by atoms with Crippen LogP contribution in [0.15, 0.2) is 30.0 Å². The molecule has 1 spiro atoms. The number of Topliss-reactive ketones (excluding diaryl/α,β-unsaturated/α-hetero) is 1. The van der Waals surface area contributed by atoms with Crippen LogP contribution in [-0.2, 0) is 19.1 Å². The predicted octanol–water partition coefficient (Wildman–Crippen LogP) is 4.65. The van der Waals surface area contributed by atoms with E-state index >= 15 is 0 Å². The first-order chi connectivity index (χ1) is 18.6. The Morgan fingerprint density at radius 3 is 2.64 bits per heavy atom. The standard InChI is InChI=1S/C32H43NO6/c1-5-6-13-24-29(36)21(2)11-9-14-31(4)27(39-31)19-25(22(3)18-23-12-7-8-17-33-23)38-28(35)20-26(34)32(30(24)37)15-10-16-32/h1,7-8,12,17-18,21,24-27,29,34,36H,6,9-11,13-16,19-20H2,2-4H3/b22-18+. The molecule has 0 aromatic carbocycles. The van der Waals surface area contributed by atoms with Gasteiger partial charge in [-0.3, -0.25) is 14.6 Å². The third-order valence-electron chi connectivity index (χ3n) is 9.31. The van der Waals surface area contributed by atoms with Crippen molar-refractivity contribution in [2.45, 2.75) is 115 Å². The molecule has 4 rings (SSSR count). The number of rotatable bonds is 4. The van der Waals surface area contributed by atoms with E-state index in [4.69, 9.17) is 15.9 Å². The van der Waals surface area contributed by atoms with Gasteiger partial charge in [0.15, 0.2) is 0 Å². The fourth-order valence-electron chi connectivity index (χ4n) is 6.39. The normalized spacial score (nSPS) is 35.8. The Hall–Kier alpha value is -2.53. The number of hydrogen-bond donors (Lipinski definition) is 2. The zero-order valence-corrected chi connectivity index (χ0v) is 23.5. The average molecular weight is 538 g/mol. The van der Waals surface area contributed by atoms with E-state index < -0.39 is 35.6 Å². The molecule has 7 heteroatoms. The molecule has 3 aliphatic rings. The van der Waals surface area contributed by atoms with Gasteiger partial charge in [0.25, 0.3) is 0 Å². The lowest BCUT2D eigenvalue weighted by atomic mass is 9.58. The van der Waals surface area contributed by atoms with E-state index in [0.29, 0.717) is 32.1 Å². The molecule has 7 unspecified atom stereocenters. The summed E-state index contributed by atoms with van der Waals surface area (Å²) in [5, 5.41) is 22.6. The third-order valence-corrected chi connectivity index (χ3v) is 9.31. The van der Waals surface area contributed by atoms with Gasteiger partial charge in [-0.15, -0.1) is 12.3 Å². The molecule has 0 amide bonds. The first-order valence-electron chi connectivity index (χ1n) is 14.4. The van der Waals surface area contributed by atoms with Gasteiger partial charge in [0, 0.05) is 25.0 Å². The number of aliphatic hydroxyl groups excluding tert-OH is 2. The van der Waals surface area contributed by atoms with Crippen molar-refractivity contribution in [3.63, 3.8) is 0 Å². The highest BCUT2D eigenvalue weighted by atomic mass is 16.6. The van der Waals surface area contributed by atoms with E-state index in [1.807, 2.05) is 38.1 Å². The summed E-state index contributed by atoms with van der Waals surface area (Å²) in [7, 11) is 0. The Bertz CT molecular complexity index is 1090. The summed E-state index contributed by atoms with van der Waals surface area (Å²) in [6.07, 6.45) is 11.6. The van der Waals surface area contributed by atoms with Crippen molar-refractivity contribution in [2.75, 3.05) is 0 Å². The molecule has 1 aromatic rings. The predicted molar refractivity (Wildman–Crippen MR) is 148 cm³/mol. The van der Waals surface area contributed by atoms with Crippen molar-refractivity contribution in [1.29, 1.82) is 0 Å². The largest absolute Gasteiger partial charge is 0.458 e.